The molecule has 12 heteroatoms. The summed E-state index contributed by atoms with van der Waals surface area (Å²) in [5.74, 6) is -3.66. The number of halogens is 1. The summed E-state index contributed by atoms with van der Waals surface area (Å²) in [4.78, 5) is 57.7. The zero-order chi connectivity index (χ0) is 22.6. The molecule has 0 bridgehead atoms. The summed E-state index contributed by atoms with van der Waals surface area (Å²) >= 11 is 3.00. The Kier molecular flexibility index (Phi) is 12.8. The highest BCUT2D eigenvalue weighted by Gasteiger charge is 2.27. The van der Waals surface area contributed by atoms with Crippen LogP contribution in [-0.4, -0.2) is 64.2 Å². The Balaban J connectivity index is 4.78. The number of alkyl halides is 1. The third-order valence-corrected chi connectivity index (χ3v) is 4.64. The topological polar surface area (TPSA) is 194 Å². The summed E-state index contributed by atoms with van der Waals surface area (Å²) in [6.45, 7) is 3.38. The van der Waals surface area contributed by atoms with E-state index in [9.17, 15) is 24.0 Å². The minimum Gasteiger partial charge on any atom is -0.480 e. The maximum atomic E-state index is 12.4. The van der Waals surface area contributed by atoms with Crippen molar-refractivity contribution in [2.45, 2.75) is 68.9 Å². The van der Waals surface area contributed by atoms with E-state index < -0.39 is 52.6 Å². The van der Waals surface area contributed by atoms with Crippen LogP contribution in [0.4, 0.5) is 0 Å². The van der Waals surface area contributed by atoms with Gasteiger partial charge in [0, 0.05) is 13.0 Å². The van der Waals surface area contributed by atoms with Crippen LogP contribution in [0.15, 0.2) is 0 Å². The van der Waals surface area contributed by atoms with Gasteiger partial charge in [-0.3, -0.25) is 19.2 Å². The van der Waals surface area contributed by atoms with Crippen molar-refractivity contribution in [3.05, 3.63) is 0 Å². The number of amides is 4. The van der Waals surface area contributed by atoms with E-state index in [2.05, 4.69) is 31.9 Å². The first-order valence-electron chi connectivity index (χ1n) is 9.32. The predicted octanol–water partition coefficient (Wildman–Crippen LogP) is -1.28. The molecule has 11 nitrogen and oxygen atoms in total. The number of nitrogens with one attached hydrogen (secondary N) is 3. The molecule has 0 aliphatic carbocycles. The second-order valence-electron chi connectivity index (χ2n) is 6.53. The number of carboxylic acid groups (broad SMARTS) is 1. The second-order valence-corrected chi connectivity index (χ2v) is 7.63. The first kappa shape index (κ1) is 26.8. The second kappa shape index (κ2) is 13.9. The van der Waals surface area contributed by atoms with Crippen molar-refractivity contribution in [2.75, 3.05) is 6.54 Å². The minimum atomic E-state index is -1.15. The zero-order valence-corrected chi connectivity index (χ0v) is 18.2. The SMILES string of the molecule is CCC[C@H](NC(=O)[C@H](CCC)NC(=O)[C@@H](N)CNC(=O)[C@@H](Br)CC(N)=O)C(=O)O. The highest BCUT2D eigenvalue weighted by Crippen LogP contribution is 2.05. The molecule has 0 radical (unpaired) electrons. The van der Waals surface area contributed by atoms with Gasteiger partial charge in [0.05, 0.1) is 0 Å². The molecule has 0 unspecified atom stereocenters. The first-order chi connectivity index (χ1) is 13.5. The standard InChI is InChI=1S/C17H30BrN5O6/c1-3-5-11(16(27)23-12(6-4-2)17(28)29)22-15(26)10(19)8-21-14(25)9(18)7-13(20)24/h9-12H,3-8,19H2,1-2H3,(H2,20,24)(H,21,25)(H,22,26)(H,23,27)(H,28,29)/t9-,10-,11-,12-/m0/s1. The van der Waals surface area contributed by atoms with Gasteiger partial charge in [-0.2, -0.15) is 0 Å². The monoisotopic (exact) mass is 479 g/mol. The van der Waals surface area contributed by atoms with Gasteiger partial charge in [-0.25, -0.2) is 4.79 Å². The van der Waals surface area contributed by atoms with Crippen molar-refractivity contribution < 1.29 is 29.1 Å². The summed E-state index contributed by atoms with van der Waals surface area (Å²) in [6, 6.07) is -3.14. The van der Waals surface area contributed by atoms with Crippen LogP contribution in [0.3, 0.4) is 0 Å². The third kappa shape index (κ3) is 10.8. The summed E-state index contributed by atoms with van der Waals surface area (Å²) < 4.78 is 0. The molecule has 0 spiro atoms. The molecule has 0 saturated heterocycles. The summed E-state index contributed by atoms with van der Waals surface area (Å²) in [7, 11) is 0. The summed E-state index contributed by atoms with van der Waals surface area (Å²) in [5, 5.41) is 16.5. The molecular formula is C17H30BrN5O6. The Morgan fingerprint density at radius 1 is 0.931 bits per heavy atom. The molecule has 0 fully saturated rings. The minimum absolute atomic E-state index is 0.214. The Hall–Kier alpha value is -2.21. The molecule has 0 heterocycles. The molecule has 0 aliphatic rings. The van der Waals surface area contributed by atoms with Crippen molar-refractivity contribution in [3.63, 3.8) is 0 Å². The third-order valence-electron chi connectivity index (χ3n) is 3.90. The maximum Gasteiger partial charge on any atom is 0.326 e. The van der Waals surface area contributed by atoms with Crippen LogP contribution >= 0.6 is 15.9 Å². The molecule has 0 aromatic carbocycles. The average Bonchev–Trinajstić information content (AvgIpc) is 2.63. The van der Waals surface area contributed by atoms with Gasteiger partial charge >= 0.3 is 5.97 Å². The molecule has 4 amide bonds. The highest BCUT2D eigenvalue weighted by molar-refractivity contribution is 9.10. The van der Waals surface area contributed by atoms with Crippen molar-refractivity contribution in [1.82, 2.24) is 16.0 Å². The summed E-state index contributed by atoms with van der Waals surface area (Å²) in [6.07, 6.45) is 1.47. The van der Waals surface area contributed by atoms with E-state index in [0.717, 1.165) is 0 Å². The lowest BCUT2D eigenvalue weighted by Gasteiger charge is -2.22. The zero-order valence-electron chi connectivity index (χ0n) is 16.6. The van der Waals surface area contributed by atoms with Crippen molar-refractivity contribution in [1.29, 1.82) is 0 Å². The fourth-order valence-electron chi connectivity index (χ4n) is 2.34. The van der Waals surface area contributed by atoms with E-state index in [-0.39, 0.29) is 25.8 Å². The van der Waals surface area contributed by atoms with Gasteiger partial charge in [0.2, 0.25) is 23.6 Å². The molecule has 0 aromatic rings. The molecule has 29 heavy (non-hydrogen) atoms. The Labute approximate surface area is 177 Å². The van der Waals surface area contributed by atoms with Gasteiger partial charge in [-0.15, -0.1) is 0 Å². The number of carbonyl (C=O) groups is 5. The Morgan fingerprint density at radius 3 is 1.93 bits per heavy atom. The van der Waals surface area contributed by atoms with Crippen LogP contribution in [-0.2, 0) is 24.0 Å². The number of aliphatic carboxylic acids is 1. The van der Waals surface area contributed by atoms with Crippen LogP contribution < -0.4 is 27.4 Å². The quantitative estimate of drug-likeness (QED) is 0.167. The van der Waals surface area contributed by atoms with E-state index in [1.807, 2.05) is 6.92 Å². The molecular weight excluding hydrogens is 450 g/mol. The van der Waals surface area contributed by atoms with Crippen molar-refractivity contribution in [3.8, 4) is 0 Å². The molecule has 8 N–H and O–H groups in total. The van der Waals surface area contributed by atoms with Gasteiger partial charge in [0.25, 0.3) is 0 Å². The molecule has 0 aliphatic heterocycles. The fourth-order valence-corrected chi connectivity index (χ4v) is 2.82. The van der Waals surface area contributed by atoms with Crippen LogP contribution in [0.2, 0.25) is 0 Å². The molecule has 166 valence electrons. The van der Waals surface area contributed by atoms with Gasteiger partial charge in [-0.1, -0.05) is 42.6 Å². The predicted molar refractivity (Wildman–Crippen MR) is 109 cm³/mol. The van der Waals surface area contributed by atoms with E-state index >= 15 is 0 Å². The number of nitrogens with two attached hydrogens (primary N) is 2. The van der Waals surface area contributed by atoms with Gasteiger partial charge in [0.15, 0.2) is 0 Å². The van der Waals surface area contributed by atoms with E-state index in [1.165, 1.54) is 0 Å². The van der Waals surface area contributed by atoms with Crippen molar-refractivity contribution in [2.24, 2.45) is 11.5 Å². The number of primary amides is 1. The van der Waals surface area contributed by atoms with Crippen LogP contribution in [0.1, 0.15) is 46.0 Å². The number of carboxylic acids is 1. The van der Waals surface area contributed by atoms with E-state index in [0.29, 0.717) is 12.8 Å². The van der Waals surface area contributed by atoms with Gasteiger partial charge in [0.1, 0.15) is 23.0 Å². The van der Waals surface area contributed by atoms with Crippen LogP contribution in [0, 0.1) is 0 Å². The Morgan fingerprint density at radius 2 is 1.45 bits per heavy atom. The normalized spacial score (nSPS) is 14.8. The van der Waals surface area contributed by atoms with Crippen molar-refractivity contribution >= 4 is 45.5 Å². The van der Waals surface area contributed by atoms with Crippen LogP contribution in [0.25, 0.3) is 0 Å². The molecule has 0 rings (SSSR count). The average molecular weight is 480 g/mol. The van der Waals surface area contributed by atoms with Gasteiger partial charge in [-0.05, 0) is 12.8 Å². The lowest BCUT2D eigenvalue weighted by atomic mass is 10.1. The number of hydrogen-bond donors (Lipinski definition) is 6. The summed E-state index contributed by atoms with van der Waals surface area (Å²) in [5.41, 5.74) is 10.8. The Bertz CT molecular complexity index is 603. The lowest BCUT2D eigenvalue weighted by molar-refractivity contribution is -0.142. The molecule has 0 aromatic heterocycles. The van der Waals surface area contributed by atoms with E-state index in [4.69, 9.17) is 16.6 Å². The maximum absolute atomic E-state index is 12.4. The fraction of sp³-hybridized carbons (Fsp3) is 0.706. The number of rotatable bonds is 14. The lowest BCUT2D eigenvalue weighted by Crippen LogP contribution is -2.56. The highest BCUT2D eigenvalue weighted by atomic mass is 79.9. The molecule has 4 atom stereocenters. The van der Waals surface area contributed by atoms with Crippen LogP contribution in [0.5, 0.6) is 0 Å². The van der Waals surface area contributed by atoms with E-state index in [1.54, 1.807) is 6.92 Å². The number of hydrogen-bond acceptors (Lipinski definition) is 6. The smallest absolute Gasteiger partial charge is 0.326 e. The number of carbonyl (C=O) groups excluding carboxylic acids is 4. The molecule has 0 saturated carbocycles. The van der Waals surface area contributed by atoms with Gasteiger partial charge < -0.3 is 32.5 Å². The first-order valence-corrected chi connectivity index (χ1v) is 10.2. The largest absolute Gasteiger partial charge is 0.480 e.